The number of fused-ring (bicyclic) bond motifs is 2. The van der Waals surface area contributed by atoms with E-state index in [-0.39, 0.29) is 30.6 Å². The molecule has 7 heteroatoms. The van der Waals surface area contributed by atoms with Gasteiger partial charge in [-0.05, 0) is 85.9 Å². The first-order valence-electron chi connectivity index (χ1n) is 17.0. The Labute approximate surface area is 249 Å². The fourth-order valence-corrected chi connectivity index (χ4v) is 10.4. The number of hydrogen-bond donors (Lipinski definition) is 3. The number of nitrogens with zero attached hydrogens (tertiary/aromatic N) is 1. The summed E-state index contributed by atoms with van der Waals surface area (Å²) in [6.45, 7) is 13.9. The summed E-state index contributed by atoms with van der Waals surface area (Å²) in [5.74, 6) is 4.20. The summed E-state index contributed by atoms with van der Waals surface area (Å²) >= 11 is 0. The number of carbonyl (C=O) groups is 1. The first-order chi connectivity index (χ1) is 19.5. The van der Waals surface area contributed by atoms with Crippen LogP contribution in [0.3, 0.4) is 0 Å². The summed E-state index contributed by atoms with van der Waals surface area (Å²) in [6.07, 6.45) is 9.75. The lowest BCUT2D eigenvalue weighted by atomic mass is 9.45. The summed E-state index contributed by atoms with van der Waals surface area (Å²) in [7, 11) is 1.86. The standard InChI is InChI=1S/C34H60N2O5/c1-19(2)22-10-8-11-23(14-22)26-13-9-12-24(32(26)40-7)17-36-31(30(21(4)38)29(18-37)41-36)33(39)35-28-16-25-15-27(20(28)3)34(25,5)6/h19-32,37-38H,8-18H2,1-7H3,(H,35,39)/t20-,21?,22?,23?,24?,25+,26?,27-,28-,29-,30?,31-,32?/m0/s1. The van der Waals surface area contributed by atoms with E-state index in [1.54, 1.807) is 6.92 Å². The highest BCUT2D eigenvalue weighted by molar-refractivity contribution is 5.82. The van der Waals surface area contributed by atoms with E-state index in [4.69, 9.17) is 9.57 Å². The predicted octanol–water partition coefficient (Wildman–Crippen LogP) is 5.04. The van der Waals surface area contributed by atoms with Crippen LogP contribution in [-0.4, -0.2) is 71.8 Å². The third kappa shape index (κ3) is 6.01. The maximum Gasteiger partial charge on any atom is 0.240 e. The van der Waals surface area contributed by atoms with E-state index in [1.165, 1.54) is 44.9 Å². The van der Waals surface area contributed by atoms with E-state index in [0.29, 0.717) is 41.5 Å². The molecular formula is C34H60N2O5. The van der Waals surface area contributed by atoms with Crippen LogP contribution in [-0.2, 0) is 14.4 Å². The molecule has 41 heavy (non-hydrogen) atoms. The average molecular weight is 577 g/mol. The molecule has 5 aliphatic carbocycles. The van der Waals surface area contributed by atoms with Crippen LogP contribution in [0.1, 0.15) is 99.3 Å². The fraction of sp³-hybridized carbons (Fsp3) is 0.971. The van der Waals surface area contributed by atoms with Crippen molar-refractivity contribution in [3.63, 3.8) is 0 Å². The summed E-state index contributed by atoms with van der Waals surface area (Å²) < 4.78 is 6.29. The third-order valence-electron chi connectivity index (χ3n) is 13.1. The minimum absolute atomic E-state index is 0.0591. The lowest BCUT2D eigenvalue weighted by molar-refractivity contribution is -0.193. The molecule has 0 radical (unpaired) electrons. The molecule has 0 aromatic carbocycles. The molecule has 1 heterocycles. The zero-order valence-electron chi connectivity index (χ0n) is 26.9. The van der Waals surface area contributed by atoms with Gasteiger partial charge in [0.15, 0.2) is 0 Å². The molecule has 1 saturated heterocycles. The molecule has 6 aliphatic rings. The van der Waals surface area contributed by atoms with E-state index in [2.05, 4.69) is 39.9 Å². The van der Waals surface area contributed by atoms with E-state index in [0.717, 1.165) is 24.7 Å². The second-order valence-corrected chi connectivity index (χ2v) is 15.7. The molecule has 1 amide bonds. The van der Waals surface area contributed by atoms with Crippen LogP contribution >= 0.6 is 0 Å². The lowest BCUT2D eigenvalue weighted by Crippen LogP contribution is -2.62. The summed E-state index contributed by atoms with van der Waals surface area (Å²) in [5.41, 5.74) is 0.355. The van der Waals surface area contributed by atoms with Crippen LogP contribution in [0, 0.1) is 58.7 Å². The first kappa shape index (κ1) is 31.7. The number of methoxy groups -OCH3 is 1. The van der Waals surface area contributed by atoms with Crippen molar-refractivity contribution < 1.29 is 24.6 Å². The van der Waals surface area contributed by atoms with Crippen molar-refractivity contribution in [1.29, 1.82) is 0 Å². The summed E-state index contributed by atoms with van der Waals surface area (Å²) in [4.78, 5) is 20.4. The number of aliphatic hydroxyl groups excluding tert-OH is 2. The number of hydrogen-bond acceptors (Lipinski definition) is 6. The Kier molecular flexibility index (Phi) is 9.82. The predicted molar refractivity (Wildman–Crippen MR) is 161 cm³/mol. The number of amides is 1. The molecular weight excluding hydrogens is 516 g/mol. The van der Waals surface area contributed by atoms with Gasteiger partial charge in [0, 0.05) is 31.5 Å². The zero-order chi connectivity index (χ0) is 29.6. The molecule has 7 unspecified atom stereocenters. The van der Waals surface area contributed by atoms with Gasteiger partial charge in [0.1, 0.15) is 12.1 Å². The highest BCUT2D eigenvalue weighted by Crippen LogP contribution is 2.61. The zero-order valence-corrected chi connectivity index (χ0v) is 26.9. The van der Waals surface area contributed by atoms with E-state index >= 15 is 0 Å². The molecule has 0 aromatic heterocycles. The van der Waals surface area contributed by atoms with Gasteiger partial charge in [-0.25, -0.2) is 0 Å². The van der Waals surface area contributed by atoms with Gasteiger partial charge in [-0.1, -0.05) is 60.3 Å². The Morgan fingerprint density at radius 3 is 2.44 bits per heavy atom. The average Bonchev–Trinajstić information content (AvgIpc) is 3.32. The number of nitrogens with one attached hydrogen (secondary N) is 1. The van der Waals surface area contributed by atoms with Gasteiger partial charge in [0.2, 0.25) is 5.91 Å². The Hall–Kier alpha value is -0.730. The molecule has 1 aliphatic heterocycles. The van der Waals surface area contributed by atoms with Gasteiger partial charge < -0.3 is 20.3 Å². The quantitative estimate of drug-likeness (QED) is 0.356. The molecule has 0 spiro atoms. The lowest BCUT2D eigenvalue weighted by Gasteiger charge is -2.62. The molecule has 3 N–H and O–H groups in total. The second kappa shape index (κ2) is 12.7. The molecule has 6 rings (SSSR count). The summed E-state index contributed by atoms with van der Waals surface area (Å²) in [6, 6.07) is -0.474. The van der Waals surface area contributed by atoms with Crippen LogP contribution in [0.5, 0.6) is 0 Å². The summed E-state index contributed by atoms with van der Waals surface area (Å²) in [5, 5.41) is 26.3. The van der Waals surface area contributed by atoms with Crippen LogP contribution < -0.4 is 5.32 Å². The van der Waals surface area contributed by atoms with Crippen molar-refractivity contribution in [3.05, 3.63) is 0 Å². The highest BCUT2D eigenvalue weighted by atomic mass is 16.7. The Morgan fingerprint density at radius 2 is 1.83 bits per heavy atom. The molecule has 7 nitrogen and oxygen atoms in total. The third-order valence-corrected chi connectivity index (χ3v) is 13.1. The van der Waals surface area contributed by atoms with Gasteiger partial charge in [-0.15, -0.1) is 0 Å². The van der Waals surface area contributed by atoms with Crippen LogP contribution in [0.2, 0.25) is 0 Å². The Morgan fingerprint density at radius 1 is 1.10 bits per heavy atom. The van der Waals surface area contributed by atoms with Crippen molar-refractivity contribution >= 4 is 5.91 Å². The molecule has 13 atom stereocenters. The van der Waals surface area contributed by atoms with Crippen LogP contribution in [0.4, 0.5) is 0 Å². The number of carbonyl (C=O) groups excluding carboxylic acids is 1. The molecule has 5 saturated carbocycles. The largest absolute Gasteiger partial charge is 0.394 e. The minimum Gasteiger partial charge on any atom is -0.394 e. The van der Waals surface area contributed by atoms with E-state index in [1.807, 2.05) is 12.2 Å². The molecule has 0 aromatic rings. The number of ether oxygens (including phenoxy) is 1. The van der Waals surface area contributed by atoms with Crippen molar-refractivity contribution in [3.8, 4) is 0 Å². The monoisotopic (exact) mass is 576 g/mol. The first-order valence-corrected chi connectivity index (χ1v) is 17.0. The van der Waals surface area contributed by atoms with Crippen molar-refractivity contribution in [1.82, 2.24) is 10.4 Å². The normalized spacial score (nSPS) is 45.3. The van der Waals surface area contributed by atoms with E-state index < -0.39 is 24.2 Å². The fourth-order valence-electron chi connectivity index (χ4n) is 10.4. The van der Waals surface area contributed by atoms with E-state index in [9.17, 15) is 15.0 Å². The van der Waals surface area contributed by atoms with Gasteiger partial charge >= 0.3 is 0 Å². The van der Waals surface area contributed by atoms with Gasteiger partial charge in [-0.2, -0.15) is 5.06 Å². The SMILES string of the molecule is COC1C(CN2O[C@@H](CO)C(C(C)O)[C@H]2C(=O)N[C@H]2C[C@H]3C[C@@H]([C@@H]2C)C3(C)C)CCCC1C1CCCC(C(C)C)C1. The van der Waals surface area contributed by atoms with Gasteiger partial charge in [0.25, 0.3) is 0 Å². The van der Waals surface area contributed by atoms with Crippen molar-refractivity contribution in [2.75, 3.05) is 20.3 Å². The topological polar surface area (TPSA) is 91.3 Å². The smallest absolute Gasteiger partial charge is 0.240 e. The second-order valence-electron chi connectivity index (χ2n) is 15.7. The van der Waals surface area contributed by atoms with Crippen LogP contribution in [0.25, 0.3) is 0 Å². The molecule has 6 fully saturated rings. The molecule has 236 valence electrons. The number of hydroxylamine groups is 2. The van der Waals surface area contributed by atoms with Gasteiger partial charge in [-0.3, -0.25) is 9.63 Å². The number of rotatable bonds is 9. The minimum atomic E-state index is -0.767. The number of aliphatic hydroxyl groups is 2. The Bertz CT molecular complexity index is 894. The maximum atomic E-state index is 14.1. The van der Waals surface area contributed by atoms with Crippen molar-refractivity contribution in [2.24, 2.45) is 58.7 Å². The maximum absolute atomic E-state index is 14.1. The van der Waals surface area contributed by atoms with Crippen molar-refractivity contribution in [2.45, 2.75) is 130 Å². The highest BCUT2D eigenvalue weighted by Gasteiger charge is 2.57. The molecule has 2 bridgehead atoms. The van der Waals surface area contributed by atoms with Gasteiger partial charge in [0.05, 0.1) is 18.8 Å². The van der Waals surface area contributed by atoms with Crippen LogP contribution in [0.15, 0.2) is 0 Å². The Balaban J connectivity index is 1.31.